The van der Waals surface area contributed by atoms with Gasteiger partial charge < -0.3 is 20.5 Å². The number of nitrogens with zero attached hydrogens (tertiary/aromatic N) is 4. The predicted molar refractivity (Wildman–Crippen MR) is 125 cm³/mol. The van der Waals surface area contributed by atoms with Crippen molar-refractivity contribution in [3.05, 3.63) is 54.2 Å². The van der Waals surface area contributed by atoms with Gasteiger partial charge in [0.25, 0.3) is 0 Å². The van der Waals surface area contributed by atoms with Crippen LogP contribution in [0.5, 0.6) is 11.5 Å². The zero-order valence-corrected chi connectivity index (χ0v) is 18.9. The molecule has 0 spiro atoms. The number of nitrogens with one attached hydrogen (secondary N) is 1. The first kappa shape index (κ1) is 21.1. The molecular weight excluding hydrogens is 432 g/mol. The lowest BCUT2D eigenvalue weighted by atomic mass is 9.96. The molecule has 34 heavy (non-hydrogen) atoms. The van der Waals surface area contributed by atoms with Gasteiger partial charge in [-0.25, -0.2) is 4.98 Å². The second-order valence-electron chi connectivity index (χ2n) is 9.46. The van der Waals surface area contributed by atoms with E-state index in [1.54, 1.807) is 12.4 Å². The highest BCUT2D eigenvalue weighted by molar-refractivity contribution is 5.89. The highest BCUT2D eigenvalue weighted by Gasteiger charge is 2.51. The first-order valence-electron chi connectivity index (χ1n) is 11.9. The van der Waals surface area contributed by atoms with Crippen molar-refractivity contribution >= 4 is 17.4 Å². The number of carbonyl (C=O) groups is 1. The summed E-state index contributed by atoms with van der Waals surface area (Å²) in [4.78, 5) is 20.7. The SMILES string of the molecule is NC(=O)C1(c2cc(Nc3cc(Oc4cn(C5CC5)nc4C4CCOCC4)ccn3)ccn2)CC1. The summed E-state index contributed by atoms with van der Waals surface area (Å²) >= 11 is 0. The molecule has 9 nitrogen and oxygen atoms in total. The molecule has 3 aliphatic rings. The van der Waals surface area contributed by atoms with Gasteiger partial charge in [0.2, 0.25) is 5.91 Å². The van der Waals surface area contributed by atoms with Crippen molar-refractivity contribution < 1.29 is 14.3 Å². The zero-order valence-electron chi connectivity index (χ0n) is 18.9. The monoisotopic (exact) mass is 460 g/mol. The molecule has 176 valence electrons. The number of hydrogen-bond acceptors (Lipinski definition) is 7. The standard InChI is InChI=1S/C25H28N6O3/c26-24(32)25(7-8-25)21-13-17(3-9-27-21)29-22-14-19(4-10-28-22)34-20-15-31(18-1-2-18)30-23(20)16-5-11-33-12-6-16/h3-4,9-10,13-16,18H,1-2,5-8,11-12H2,(H2,26,32)(H,27,28,29). The second kappa shape index (κ2) is 8.39. The van der Waals surface area contributed by atoms with E-state index in [2.05, 4.69) is 20.0 Å². The van der Waals surface area contributed by atoms with Crippen LogP contribution in [0.4, 0.5) is 11.5 Å². The van der Waals surface area contributed by atoms with E-state index in [9.17, 15) is 4.79 Å². The highest BCUT2D eigenvalue weighted by atomic mass is 16.5. The fourth-order valence-corrected chi connectivity index (χ4v) is 4.59. The summed E-state index contributed by atoms with van der Waals surface area (Å²) in [6, 6.07) is 7.91. The molecule has 3 N–H and O–H groups in total. The number of amides is 1. The van der Waals surface area contributed by atoms with Gasteiger partial charge in [-0.3, -0.25) is 14.5 Å². The van der Waals surface area contributed by atoms with Gasteiger partial charge in [0.05, 0.1) is 23.3 Å². The average molecular weight is 461 g/mol. The van der Waals surface area contributed by atoms with Gasteiger partial charge in [-0.1, -0.05) is 0 Å². The van der Waals surface area contributed by atoms with E-state index in [0.29, 0.717) is 29.2 Å². The number of pyridine rings is 2. The lowest BCUT2D eigenvalue weighted by Crippen LogP contribution is -2.29. The van der Waals surface area contributed by atoms with E-state index in [1.165, 1.54) is 12.8 Å². The fourth-order valence-electron chi connectivity index (χ4n) is 4.59. The van der Waals surface area contributed by atoms with Crippen molar-refractivity contribution in [1.82, 2.24) is 19.7 Å². The van der Waals surface area contributed by atoms with Gasteiger partial charge in [0.15, 0.2) is 5.75 Å². The van der Waals surface area contributed by atoms with E-state index in [4.69, 9.17) is 20.3 Å². The van der Waals surface area contributed by atoms with E-state index < -0.39 is 5.41 Å². The number of hydrogen-bond donors (Lipinski definition) is 2. The van der Waals surface area contributed by atoms with Crippen molar-refractivity contribution in [2.24, 2.45) is 5.73 Å². The maximum absolute atomic E-state index is 11.9. The largest absolute Gasteiger partial charge is 0.454 e. The third-order valence-corrected chi connectivity index (χ3v) is 6.96. The van der Waals surface area contributed by atoms with E-state index in [0.717, 1.165) is 56.0 Å². The molecule has 0 atom stereocenters. The van der Waals surface area contributed by atoms with Crippen LogP contribution in [-0.4, -0.2) is 38.9 Å². The molecule has 1 amide bonds. The van der Waals surface area contributed by atoms with Crippen LogP contribution in [-0.2, 0) is 14.9 Å². The lowest BCUT2D eigenvalue weighted by molar-refractivity contribution is -0.120. The quantitative estimate of drug-likeness (QED) is 0.522. The minimum Gasteiger partial charge on any atom is -0.454 e. The van der Waals surface area contributed by atoms with Gasteiger partial charge in [-0.05, 0) is 56.7 Å². The molecule has 0 aromatic carbocycles. The molecule has 0 radical (unpaired) electrons. The first-order chi connectivity index (χ1) is 16.6. The van der Waals surface area contributed by atoms with Gasteiger partial charge in [0.1, 0.15) is 17.3 Å². The Morgan fingerprint density at radius 2 is 1.91 bits per heavy atom. The molecule has 2 aliphatic carbocycles. The molecule has 0 bridgehead atoms. The molecule has 3 aromatic rings. The number of aromatic nitrogens is 4. The Morgan fingerprint density at radius 3 is 2.65 bits per heavy atom. The highest BCUT2D eigenvalue weighted by Crippen LogP contribution is 2.47. The Balaban J connectivity index is 1.22. The van der Waals surface area contributed by atoms with Gasteiger partial charge >= 0.3 is 0 Å². The number of anilines is 2. The maximum atomic E-state index is 11.9. The number of carbonyl (C=O) groups excluding carboxylic acids is 1. The van der Waals surface area contributed by atoms with Gasteiger partial charge in [-0.15, -0.1) is 0 Å². The van der Waals surface area contributed by atoms with E-state index in [1.807, 2.05) is 30.5 Å². The molecule has 1 saturated heterocycles. The molecule has 3 fully saturated rings. The normalized spacial score (nSPS) is 19.5. The summed E-state index contributed by atoms with van der Waals surface area (Å²) in [5.41, 5.74) is 7.50. The smallest absolute Gasteiger partial charge is 0.229 e. The Labute approximate surface area is 197 Å². The zero-order chi connectivity index (χ0) is 23.1. The van der Waals surface area contributed by atoms with E-state index >= 15 is 0 Å². The summed E-state index contributed by atoms with van der Waals surface area (Å²) in [7, 11) is 0. The summed E-state index contributed by atoms with van der Waals surface area (Å²) < 4.78 is 13.9. The third kappa shape index (κ3) is 4.11. The van der Waals surface area contributed by atoms with Gasteiger partial charge in [-0.2, -0.15) is 5.10 Å². The number of primary amides is 1. The minimum absolute atomic E-state index is 0.322. The summed E-state index contributed by atoms with van der Waals surface area (Å²) in [6.45, 7) is 1.52. The molecule has 3 aromatic heterocycles. The molecule has 0 unspecified atom stereocenters. The Morgan fingerprint density at radius 1 is 1.12 bits per heavy atom. The van der Waals surface area contributed by atoms with Crippen LogP contribution >= 0.6 is 0 Å². The number of ether oxygens (including phenoxy) is 2. The maximum Gasteiger partial charge on any atom is 0.229 e. The van der Waals surface area contributed by atoms with Crippen LogP contribution in [0, 0.1) is 0 Å². The van der Waals surface area contributed by atoms with Crippen LogP contribution in [0.2, 0.25) is 0 Å². The Bertz CT molecular complexity index is 1210. The fraction of sp³-hybridized carbons (Fsp3) is 0.440. The first-order valence-corrected chi connectivity index (χ1v) is 11.9. The van der Waals surface area contributed by atoms with Crippen LogP contribution < -0.4 is 15.8 Å². The van der Waals surface area contributed by atoms with Crippen LogP contribution in [0.25, 0.3) is 0 Å². The topological polar surface area (TPSA) is 117 Å². The van der Waals surface area contributed by atoms with Crippen molar-refractivity contribution in [1.29, 1.82) is 0 Å². The van der Waals surface area contributed by atoms with Crippen LogP contribution in [0.1, 0.15) is 61.9 Å². The Hall–Kier alpha value is -3.46. The van der Waals surface area contributed by atoms with Crippen LogP contribution in [0.3, 0.4) is 0 Å². The summed E-state index contributed by atoms with van der Waals surface area (Å²) in [5, 5.41) is 8.20. The van der Waals surface area contributed by atoms with E-state index in [-0.39, 0.29) is 5.91 Å². The third-order valence-electron chi connectivity index (χ3n) is 6.96. The Kier molecular flexibility index (Phi) is 5.21. The second-order valence-corrected chi connectivity index (χ2v) is 9.46. The average Bonchev–Trinajstić information content (AvgIpc) is 3.78. The molecule has 4 heterocycles. The predicted octanol–water partition coefficient (Wildman–Crippen LogP) is 3.95. The van der Waals surface area contributed by atoms with Crippen LogP contribution in [0.15, 0.2) is 42.9 Å². The molecule has 1 aliphatic heterocycles. The van der Waals surface area contributed by atoms with Crippen molar-refractivity contribution in [3.63, 3.8) is 0 Å². The molecule has 6 rings (SSSR count). The molecule has 9 heteroatoms. The lowest BCUT2D eigenvalue weighted by Gasteiger charge is -2.21. The van der Waals surface area contributed by atoms with Crippen molar-refractivity contribution in [2.45, 2.75) is 55.9 Å². The molecular formula is C25H28N6O3. The summed E-state index contributed by atoms with van der Waals surface area (Å²) in [5.74, 6) is 2.16. The van der Waals surface area contributed by atoms with Crippen molar-refractivity contribution in [2.75, 3.05) is 18.5 Å². The number of nitrogens with two attached hydrogens (primary N) is 1. The van der Waals surface area contributed by atoms with Gasteiger partial charge in [0, 0.05) is 43.3 Å². The molecule has 2 saturated carbocycles. The summed E-state index contributed by atoms with van der Waals surface area (Å²) in [6.07, 6.45) is 11.2. The van der Waals surface area contributed by atoms with Crippen molar-refractivity contribution in [3.8, 4) is 11.5 Å². The number of rotatable bonds is 8. The minimum atomic E-state index is -0.627.